The number of carbonyl (C=O) groups is 1. The number of hydrogen-bond donors (Lipinski definition) is 1. The summed E-state index contributed by atoms with van der Waals surface area (Å²) in [6.07, 6.45) is 0. The van der Waals surface area contributed by atoms with Gasteiger partial charge in [-0.05, 0) is 36.9 Å². The van der Waals surface area contributed by atoms with Crippen molar-refractivity contribution in [1.82, 2.24) is 4.90 Å². The van der Waals surface area contributed by atoms with Crippen LogP contribution in [-0.2, 0) is 11.3 Å². The molecule has 1 amide bonds. The second kappa shape index (κ2) is 8.46. The number of nitrogens with zero attached hydrogens (tertiary/aromatic N) is 2. The number of nitro groups is 1. The molecule has 0 radical (unpaired) electrons. The number of nitro benzene ring substituents is 1. The summed E-state index contributed by atoms with van der Waals surface area (Å²) in [5, 5.41) is 14.3. The van der Waals surface area contributed by atoms with E-state index in [-0.39, 0.29) is 23.8 Å². The summed E-state index contributed by atoms with van der Waals surface area (Å²) in [5.74, 6) is 0.000526. The summed E-state index contributed by atoms with van der Waals surface area (Å²) in [7, 11) is 3.20. The normalized spacial score (nSPS) is 10.6. The van der Waals surface area contributed by atoms with Gasteiger partial charge in [-0.25, -0.2) is 0 Å². The molecule has 0 saturated carbocycles. The molecule has 0 fully saturated rings. The Labute approximate surface area is 150 Å². The van der Waals surface area contributed by atoms with Gasteiger partial charge < -0.3 is 10.1 Å². The van der Waals surface area contributed by atoms with Gasteiger partial charge in [-0.15, -0.1) is 0 Å². The highest BCUT2D eigenvalue weighted by Gasteiger charge is 2.18. The Bertz CT molecular complexity index is 782. The van der Waals surface area contributed by atoms with E-state index in [4.69, 9.17) is 16.3 Å². The van der Waals surface area contributed by atoms with E-state index in [2.05, 4.69) is 5.32 Å². The number of rotatable bonds is 7. The van der Waals surface area contributed by atoms with Gasteiger partial charge >= 0.3 is 0 Å². The number of nitrogens with one attached hydrogen (secondary N) is 1. The van der Waals surface area contributed by atoms with E-state index in [0.717, 1.165) is 5.56 Å². The zero-order valence-corrected chi connectivity index (χ0v) is 14.6. The Morgan fingerprint density at radius 3 is 2.72 bits per heavy atom. The van der Waals surface area contributed by atoms with Crippen molar-refractivity contribution >= 4 is 28.9 Å². The lowest BCUT2D eigenvalue weighted by atomic mass is 10.2. The van der Waals surface area contributed by atoms with Gasteiger partial charge in [0.05, 0.1) is 24.6 Å². The molecule has 0 saturated heterocycles. The third kappa shape index (κ3) is 5.44. The Balaban J connectivity index is 2.01. The first-order valence-electron chi connectivity index (χ1n) is 7.44. The molecule has 8 heteroatoms. The standard InChI is InChI=1S/C17H18ClN3O4/c1-20(10-12-4-3-5-13(18)8-12)11-17(22)19-15-7-6-14(25-2)9-16(15)21(23)24/h3-9H,10-11H2,1-2H3,(H,19,22). The van der Waals surface area contributed by atoms with Crippen LogP contribution in [0.4, 0.5) is 11.4 Å². The average Bonchev–Trinajstić information content (AvgIpc) is 2.54. The molecule has 2 rings (SSSR count). The fourth-order valence-electron chi connectivity index (χ4n) is 2.33. The quantitative estimate of drug-likeness (QED) is 0.602. The minimum atomic E-state index is -0.562. The van der Waals surface area contributed by atoms with Gasteiger partial charge in [0.25, 0.3) is 5.69 Å². The molecule has 0 bridgehead atoms. The third-order valence-corrected chi connectivity index (χ3v) is 3.67. The second-order valence-corrected chi connectivity index (χ2v) is 5.93. The van der Waals surface area contributed by atoms with Gasteiger partial charge in [0.2, 0.25) is 5.91 Å². The molecule has 0 heterocycles. The highest BCUT2D eigenvalue weighted by Crippen LogP contribution is 2.28. The van der Waals surface area contributed by atoms with Crippen LogP contribution in [0.15, 0.2) is 42.5 Å². The van der Waals surface area contributed by atoms with E-state index in [1.54, 1.807) is 24.1 Å². The van der Waals surface area contributed by atoms with Crippen molar-refractivity contribution in [3.63, 3.8) is 0 Å². The number of ether oxygens (including phenoxy) is 1. The fourth-order valence-corrected chi connectivity index (χ4v) is 2.55. The number of carbonyl (C=O) groups excluding carboxylic acids is 1. The predicted molar refractivity (Wildman–Crippen MR) is 96.1 cm³/mol. The van der Waals surface area contributed by atoms with Gasteiger partial charge in [-0.1, -0.05) is 23.7 Å². The zero-order valence-electron chi connectivity index (χ0n) is 13.9. The van der Waals surface area contributed by atoms with Gasteiger partial charge in [-0.3, -0.25) is 19.8 Å². The van der Waals surface area contributed by atoms with Crippen LogP contribution >= 0.6 is 11.6 Å². The number of halogens is 1. The summed E-state index contributed by atoms with van der Waals surface area (Å²) >= 11 is 5.94. The Morgan fingerprint density at radius 1 is 1.32 bits per heavy atom. The summed E-state index contributed by atoms with van der Waals surface area (Å²) < 4.78 is 4.97. The van der Waals surface area contributed by atoms with Gasteiger partial charge in [-0.2, -0.15) is 0 Å². The van der Waals surface area contributed by atoms with Crippen LogP contribution in [0.3, 0.4) is 0 Å². The predicted octanol–water partition coefficient (Wildman–Crippen LogP) is 3.33. The molecule has 132 valence electrons. The van der Waals surface area contributed by atoms with Crippen molar-refractivity contribution in [2.45, 2.75) is 6.54 Å². The third-order valence-electron chi connectivity index (χ3n) is 3.43. The molecule has 0 aliphatic carbocycles. The highest BCUT2D eigenvalue weighted by molar-refractivity contribution is 6.30. The fraction of sp³-hybridized carbons (Fsp3) is 0.235. The summed E-state index contributed by atoms with van der Waals surface area (Å²) in [5.41, 5.74) is 0.885. The van der Waals surface area contributed by atoms with Crippen LogP contribution in [-0.4, -0.2) is 36.4 Å². The molecule has 0 spiro atoms. The van der Waals surface area contributed by atoms with Crippen molar-refractivity contribution in [2.24, 2.45) is 0 Å². The van der Waals surface area contributed by atoms with Gasteiger partial charge in [0.1, 0.15) is 11.4 Å². The molecular weight excluding hydrogens is 346 g/mol. The molecule has 0 unspecified atom stereocenters. The first-order valence-corrected chi connectivity index (χ1v) is 7.82. The summed E-state index contributed by atoms with van der Waals surface area (Å²) in [6.45, 7) is 0.606. The minimum Gasteiger partial charge on any atom is -0.496 e. The number of anilines is 1. The monoisotopic (exact) mass is 363 g/mol. The smallest absolute Gasteiger partial charge is 0.296 e. The van der Waals surface area contributed by atoms with E-state index in [1.165, 1.54) is 19.2 Å². The molecule has 7 nitrogen and oxygen atoms in total. The Morgan fingerprint density at radius 2 is 2.08 bits per heavy atom. The van der Waals surface area contributed by atoms with Crippen molar-refractivity contribution in [3.05, 3.63) is 63.2 Å². The van der Waals surface area contributed by atoms with Crippen LogP contribution in [0.25, 0.3) is 0 Å². The first kappa shape index (κ1) is 18.7. The first-order chi connectivity index (χ1) is 11.9. The number of benzene rings is 2. The maximum atomic E-state index is 12.2. The summed E-state index contributed by atoms with van der Waals surface area (Å²) in [4.78, 5) is 24.5. The average molecular weight is 364 g/mol. The van der Waals surface area contributed by atoms with E-state index in [9.17, 15) is 14.9 Å². The maximum absolute atomic E-state index is 12.2. The van der Waals surface area contributed by atoms with Crippen LogP contribution in [0.5, 0.6) is 5.75 Å². The molecule has 1 N–H and O–H groups in total. The van der Waals surface area contributed by atoms with Crippen molar-refractivity contribution < 1.29 is 14.5 Å². The lowest BCUT2D eigenvalue weighted by molar-refractivity contribution is -0.384. The molecule has 2 aromatic carbocycles. The van der Waals surface area contributed by atoms with Crippen LogP contribution in [0.2, 0.25) is 5.02 Å². The van der Waals surface area contributed by atoms with E-state index in [0.29, 0.717) is 17.3 Å². The molecule has 0 aromatic heterocycles. The molecule has 25 heavy (non-hydrogen) atoms. The van der Waals surface area contributed by atoms with Gasteiger partial charge in [0.15, 0.2) is 0 Å². The van der Waals surface area contributed by atoms with Crippen molar-refractivity contribution in [2.75, 3.05) is 26.0 Å². The number of amides is 1. The Kier molecular flexibility index (Phi) is 6.32. The lowest BCUT2D eigenvalue weighted by Gasteiger charge is -2.16. The maximum Gasteiger partial charge on any atom is 0.296 e. The number of hydrogen-bond acceptors (Lipinski definition) is 5. The molecule has 0 aliphatic heterocycles. The van der Waals surface area contributed by atoms with E-state index >= 15 is 0 Å². The largest absolute Gasteiger partial charge is 0.496 e. The number of methoxy groups -OCH3 is 1. The molecule has 0 aliphatic rings. The Hall–Kier alpha value is -2.64. The topological polar surface area (TPSA) is 84.7 Å². The zero-order chi connectivity index (χ0) is 18.4. The lowest BCUT2D eigenvalue weighted by Crippen LogP contribution is -2.30. The van der Waals surface area contributed by atoms with Crippen LogP contribution in [0, 0.1) is 10.1 Å². The van der Waals surface area contributed by atoms with E-state index in [1.807, 2.05) is 18.2 Å². The number of likely N-dealkylation sites (N-methyl/N-ethyl adjacent to an activating group) is 1. The van der Waals surface area contributed by atoms with Gasteiger partial charge in [0, 0.05) is 11.6 Å². The second-order valence-electron chi connectivity index (χ2n) is 5.49. The highest BCUT2D eigenvalue weighted by atomic mass is 35.5. The summed E-state index contributed by atoms with van der Waals surface area (Å²) in [6, 6.07) is 11.6. The minimum absolute atomic E-state index is 0.0791. The SMILES string of the molecule is COc1ccc(NC(=O)CN(C)Cc2cccc(Cl)c2)c([N+](=O)[O-])c1. The van der Waals surface area contributed by atoms with Crippen molar-refractivity contribution in [3.8, 4) is 5.75 Å². The van der Waals surface area contributed by atoms with Crippen LogP contribution in [0.1, 0.15) is 5.56 Å². The van der Waals surface area contributed by atoms with Crippen molar-refractivity contribution in [1.29, 1.82) is 0 Å². The van der Waals surface area contributed by atoms with Crippen LogP contribution < -0.4 is 10.1 Å². The van der Waals surface area contributed by atoms with E-state index < -0.39 is 4.92 Å². The molecular formula is C17H18ClN3O4. The molecule has 2 aromatic rings. The molecule has 0 atom stereocenters.